The largest absolute Gasteiger partial charge is 0.494 e. The first kappa shape index (κ1) is 29.7. The molecule has 0 spiro atoms. The lowest BCUT2D eigenvalue weighted by Crippen LogP contribution is -2.18. The number of nitrogens with zero attached hydrogens (tertiary/aromatic N) is 3. The van der Waals surface area contributed by atoms with Gasteiger partial charge in [-0.2, -0.15) is 5.10 Å². The summed E-state index contributed by atoms with van der Waals surface area (Å²) in [6, 6.07) is 15.7. The Morgan fingerprint density at radius 3 is 2.31 bits per heavy atom. The molecule has 0 atom stereocenters. The maximum Gasteiger partial charge on any atom is 0.272 e. The average Bonchev–Trinajstić information content (AvgIpc) is 3.35. The smallest absolute Gasteiger partial charge is 0.272 e. The van der Waals surface area contributed by atoms with E-state index < -0.39 is 0 Å². The fourth-order valence-electron chi connectivity index (χ4n) is 5.86. The molecule has 0 aliphatic heterocycles. The van der Waals surface area contributed by atoms with E-state index in [1.165, 1.54) is 0 Å². The molecule has 0 saturated carbocycles. The number of anilines is 1. The molecule has 2 aromatic heterocycles. The monoisotopic (exact) mass is 602 g/mol. The zero-order valence-corrected chi connectivity index (χ0v) is 26.7. The summed E-state index contributed by atoms with van der Waals surface area (Å²) in [6.07, 6.45) is 1.36. The number of rotatable bonds is 8. The Kier molecular flexibility index (Phi) is 8.40. The van der Waals surface area contributed by atoms with Gasteiger partial charge in [-0.15, -0.1) is 0 Å². The first-order chi connectivity index (χ1) is 20.0. The van der Waals surface area contributed by atoms with E-state index >= 15 is 0 Å². The average molecular weight is 604 g/mol. The lowest BCUT2D eigenvalue weighted by atomic mass is 9.98. The molecule has 0 aliphatic rings. The van der Waals surface area contributed by atoms with E-state index in [0.717, 1.165) is 72.1 Å². The predicted octanol–water partition coefficient (Wildman–Crippen LogP) is 8.69. The Balaban J connectivity index is 1.57. The molecule has 3 aromatic carbocycles. The summed E-state index contributed by atoms with van der Waals surface area (Å²) in [5.41, 5.74) is 10.1. The van der Waals surface area contributed by atoms with Crippen molar-refractivity contribution in [3.05, 3.63) is 97.9 Å². The molecule has 0 fully saturated rings. The standard InChI is InChI=1S/C34H36Cl2N4O2/c1-19-10-8-11-24(16-19)37-34(41)33-26(12-9-15-42-25-17-20(2)31(36)21(3)18-25)27-13-14-28(35)30(32(27)39(33)6)29-22(4)38-40(7)23(29)5/h8,10-11,13-14,16-18H,9,12,15H2,1-7H3,(H,37,41). The van der Waals surface area contributed by atoms with Gasteiger partial charge in [0.1, 0.15) is 11.4 Å². The summed E-state index contributed by atoms with van der Waals surface area (Å²) in [7, 11) is 3.87. The van der Waals surface area contributed by atoms with Gasteiger partial charge in [0.2, 0.25) is 0 Å². The van der Waals surface area contributed by atoms with Crippen molar-refractivity contribution in [3.63, 3.8) is 0 Å². The minimum atomic E-state index is -0.166. The van der Waals surface area contributed by atoms with E-state index in [4.69, 9.17) is 27.9 Å². The minimum Gasteiger partial charge on any atom is -0.494 e. The Labute approximate surface area is 257 Å². The third kappa shape index (κ3) is 5.53. The Bertz CT molecular complexity index is 1810. The van der Waals surface area contributed by atoms with Crippen molar-refractivity contribution in [2.45, 2.75) is 47.5 Å². The molecule has 42 heavy (non-hydrogen) atoms. The molecule has 1 amide bonds. The molecule has 5 aromatic rings. The Morgan fingerprint density at radius 2 is 1.67 bits per heavy atom. The van der Waals surface area contributed by atoms with E-state index in [9.17, 15) is 4.79 Å². The van der Waals surface area contributed by atoms with Crippen LogP contribution in [0.25, 0.3) is 22.0 Å². The van der Waals surface area contributed by atoms with Crippen LogP contribution in [0.5, 0.6) is 5.75 Å². The molecular formula is C34H36Cl2N4O2. The molecule has 1 N–H and O–H groups in total. The maximum atomic E-state index is 13.9. The summed E-state index contributed by atoms with van der Waals surface area (Å²) < 4.78 is 9.97. The van der Waals surface area contributed by atoms with Crippen molar-refractivity contribution >= 4 is 45.7 Å². The first-order valence-electron chi connectivity index (χ1n) is 14.1. The summed E-state index contributed by atoms with van der Waals surface area (Å²) >= 11 is 13.2. The van der Waals surface area contributed by atoms with E-state index in [2.05, 4.69) is 10.4 Å². The van der Waals surface area contributed by atoms with Crippen LogP contribution >= 0.6 is 23.2 Å². The quantitative estimate of drug-likeness (QED) is 0.181. The van der Waals surface area contributed by atoms with Gasteiger partial charge < -0.3 is 14.6 Å². The minimum absolute atomic E-state index is 0.166. The van der Waals surface area contributed by atoms with Gasteiger partial charge in [0, 0.05) is 47.0 Å². The number of hydrogen-bond acceptors (Lipinski definition) is 3. The van der Waals surface area contributed by atoms with Crippen LogP contribution in [-0.4, -0.2) is 26.9 Å². The Hall–Kier alpha value is -3.74. The van der Waals surface area contributed by atoms with Crippen molar-refractivity contribution < 1.29 is 9.53 Å². The van der Waals surface area contributed by atoms with Gasteiger partial charge in [-0.25, -0.2) is 0 Å². The van der Waals surface area contributed by atoms with Crippen LogP contribution in [0.4, 0.5) is 5.69 Å². The highest BCUT2D eigenvalue weighted by atomic mass is 35.5. The van der Waals surface area contributed by atoms with Crippen LogP contribution in [0.3, 0.4) is 0 Å². The highest BCUT2D eigenvalue weighted by molar-refractivity contribution is 6.35. The number of carbonyl (C=O) groups is 1. The van der Waals surface area contributed by atoms with Crippen LogP contribution in [0.2, 0.25) is 10.0 Å². The van der Waals surface area contributed by atoms with Crippen LogP contribution in [-0.2, 0) is 20.5 Å². The second-order valence-electron chi connectivity index (χ2n) is 11.0. The summed E-state index contributed by atoms with van der Waals surface area (Å²) in [5.74, 6) is 0.627. The molecule has 0 bridgehead atoms. The van der Waals surface area contributed by atoms with Gasteiger partial charge in [-0.1, -0.05) is 41.4 Å². The number of aromatic nitrogens is 3. The number of ether oxygens (including phenoxy) is 1. The highest BCUT2D eigenvalue weighted by Gasteiger charge is 2.26. The SMILES string of the molecule is Cc1cccc(NC(=O)c2c(CCCOc3cc(C)c(Cl)c(C)c3)c3ccc(Cl)c(-c4c(C)nn(C)c4C)c3n2C)c1. The van der Waals surface area contributed by atoms with Crippen LogP contribution in [0.1, 0.15) is 50.6 Å². The predicted molar refractivity (Wildman–Crippen MR) is 173 cm³/mol. The first-order valence-corrected chi connectivity index (χ1v) is 14.8. The molecule has 0 radical (unpaired) electrons. The van der Waals surface area contributed by atoms with Gasteiger partial charge in [-0.3, -0.25) is 9.48 Å². The fourth-order valence-corrected chi connectivity index (χ4v) is 6.21. The number of carbonyl (C=O) groups excluding carboxylic acids is 1. The molecular weight excluding hydrogens is 567 g/mol. The van der Waals surface area contributed by atoms with Crippen LogP contribution in [0.15, 0.2) is 48.5 Å². The molecule has 2 heterocycles. The second-order valence-corrected chi connectivity index (χ2v) is 11.8. The molecule has 218 valence electrons. The zero-order valence-electron chi connectivity index (χ0n) is 25.2. The molecule has 0 aliphatic carbocycles. The summed E-state index contributed by atoms with van der Waals surface area (Å²) in [5, 5.41) is 10.1. The van der Waals surface area contributed by atoms with E-state index in [1.54, 1.807) is 0 Å². The van der Waals surface area contributed by atoms with E-state index in [1.807, 2.05) is 106 Å². The third-order valence-corrected chi connectivity index (χ3v) is 8.82. The van der Waals surface area contributed by atoms with Crippen molar-refractivity contribution in [3.8, 4) is 16.9 Å². The molecule has 5 rings (SSSR count). The summed E-state index contributed by atoms with van der Waals surface area (Å²) in [6.45, 7) is 10.5. The van der Waals surface area contributed by atoms with Gasteiger partial charge in [0.05, 0.1) is 22.8 Å². The molecule has 0 unspecified atom stereocenters. The van der Waals surface area contributed by atoms with Crippen LogP contribution in [0, 0.1) is 34.6 Å². The van der Waals surface area contributed by atoms with Crippen LogP contribution < -0.4 is 10.1 Å². The van der Waals surface area contributed by atoms with Gasteiger partial charge in [0.15, 0.2) is 0 Å². The maximum absolute atomic E-state index is 13.9. The van der Waals surface area contributed by atoms with Crippen molar-refractivity contribution in [2.75, 3.05) is 11.9 Å². The highest BCUT2D eigenvalue weighted by Crippen LogP contribution is 2.41. The third-order valence-electron chi connectivity index (χ3n) is 7.91. The van der Waals surface area contributed by atoms with E-state index in [0.29, 0.717) is 30.2 Å². The number of hydrogen-bond donors (Lipinski definition) is 1. The molecule has 8 heteroatoms. The number of nitrogens with one attached hydrogen (secondary N) is 1. The van der Waals surface area contributed by atoms with Crippen molar-refractivity contribution in [1.82, 2.24) is 14.3 Å². The van der Waals surface area contributed by atoms with Gasteiger partial charge in [0.25, 0.3) is 5.91 Å². The van der Waals surface area contributed by atoms with E-state index in [-0.39, 0.29) is 5.91 Å². The lowest BCUT2D eigenvalue weighted by molar-refractivity contribution is 0.101. The topological polar surface area (TPSA) is 61.1 Å². The van der Waals surface area contributed by atoms with Gasteiger partial charge >= 0.3 is 0 Å². The number of aryl methyl sites for hydroxylation is 7. The summed E-state index contributed by atoms with van der Waals surface area (Å²) in [4.78, 5) is 13.9. The molecule has 6 nitrogen and oxygen atoms in total. The fraction of sp³-hybridized carbons (Fsp3) is 0.294. The normalized spacial score (nSPS) is 11.4. The molecule has 0 saturated heterocycles. The lowest BCUT2D eigenvalue weighted by Gasteiger charge is -2.12. The van der Waals surface area contributed by atoms with Crippen molar-refractivity contribution in [1.29, 1.82) is 0 Å². The van der Waals surface area contributed by atoms with Gasteiger partial charge in [-0.05, 0) is 100 Å². The van der Waals surface area contributed by atoms with Crippen molar-refractivity contribution in [2.24, 2.45) is 14.1 Å². The Morgan fingerprint density at radius 1 is 0.952 bits per heavy atom. The number of amides is 1. The second kappa shape index (κ2) is 11.9. The number of halogens is 2. The zero-order chi connectivity index (χ0) is 30.3. The number of fused-ring (bicyclic) bond motifs is 1. The number of benzene rings is 3.